The minimum absolute atomic E-state index is 0. The molecule has 1 amide bonds. The molecule has 1 unspecified atom stereocenters. The summed E-state index contributed by atoms with van der Waals surface area (Å²) in [6, 6.07) is 10.6. The Kier molecular flexibility index (Phi) is 9.43. The monoisotopic (exact) mass is 401 g/mol. The maximum atomic E-state index is 11.9. The van der Waals surface area contributed by atoms with Crippen molar-refractivity contribution in [2.24, 2.45) is 0 Å². The van der Waals surface area contributed by atoms with Crippen molar-refractivity contribution in [1.29, 1.82) is 0 Å². The Morgan fingerprint density at radius 2 is 2.08 bits per heavy atom. The highest BCUT2D eigenvalue weighted by molar-refractivity contribution is 7.12. The van der Waals surface area contributed by atoms with E-state index in [1.54, 1.807) is 11.3 Å². The molecular weight excluding hydrogens is 377 g/mol. The summed E-state index contributed by atoms with van der Waals surface area (Å²) >= 11 is 1.72. The highest BCUT2D eigenvalue weighted by Gasteiger charge is 2.17. The summed E-state index contributed by atoms with van der Waals surface area (Å²) in [6.45, 7) is 3.80. The normalized spacial score (nSPS) is 16.0. The second-order valence-electron chi connectivity index (χ2n) is 5.98. The van der Waals surface area contributed by atoms with E-state index in [0.717, 1.165) is 35.7 Å². The lowest BCUT2D eigenvalue weighted by Gasteiger charge is -2.09. The number of halogens is 2. The van der Waals surface area contributed by atoms with Crippen LogP contribution in [0.15, 0.2) is 30.3 Å². The predicted molar refractivity (Wildman–Crippen MR) is 109 cm³/mol. The molecule has 138 valence electrons. The van der Waals surface area contributed by atoms with Crippen molar-refractivity contribution in [3.8, 4) is 11.3 Å². The highest BCUT2D eigenvalue weighted by atomic mass is 35.5. The summed E-state index contributed by atoms with van der Waals surface area (Å²) in [5.74, 6) is 0.140. The standard InChI is InChI=1S/C18H23N3OS.2ClH/c1-13-18(14-6-3-2-4-7-14)21-17(23-13)9-11-20-16(22)12-15-8-5-10-19-15;;/h2-4,6-7,15,19H,5,8-12H2,1H3,(H,20,22);2*1H. The fourth-order valence-electron chi connectivity index (χ4n) is 2.96. The molecule has 0 radical (unpaired) electrons. The molecule has 1 saturated heterocycles. The molecule has 1 aliphatic rings. The molecule has 3 rings (SSSR count). The Balaban J connectivity index is 0.00000156. The zero-order valence-electron chi connectivity index (χ0n) is 14.3. The molecule has 1 aromatic carbocycles. The van der Waals surface area contributed by atoms with Crippen LogP contribution in [0.5, 0.6) is 0 Å². The van der Waals surface area contributed by atoms with E-state index in [-0.39, 0.29) is 30.7 Å². The van der Waals surface area contributed by atoms with E-state index in [1.807, 2.05) is 18.2 Å². The Morgan fingerprint density at radius 3 is 2.76 bits per heavy atom. The van der Waals surface area contributed by atoms with Gasteiger partial charge in [0.15, 0.2) is 0 Å². The molecule has 4 nitrogen and oxygen atoms in total. The van der Waals surface area contributed by atoms with Gasteiger partial charge in [-0.05, 0) is 26.3 Å². The third-order valence-corrected chi connectivity index (χ3v) is 5.17. The molecule has 0 aliphatic carbocycles. The number of rotatable bonds is 6. The number of aryl methyl sites for hydroxylation is 1. The minimum Gasteiger partial charge on any atom is -0.356 e. The number of hydrogen-bond acceptors (Lipinski definition) is 4. The number of amides is 1. The highest BCUT2D eigenvalue weighted by Crippen LogP contribution is 2.27. The molecular formula is C18H25Cl2N3OS. The zero-order chi connectivity index (χ0) is 16.1. The van der Waals surface area contributed by atoms with Crippen molar-refractivity contribution in [3.05, 3.63) is 40.2 Å². The van der Waals surface area contributed by atoms with Crippen LogP contribution in [-0.4, -0.2) is 30.0 Å². The number of thiazole rings is 1. The predicted octanol–water partition coefficient (Wildman–Crippen LogP) is 3.76. The van der Waals surface area contributed by atoms with Crippen molar-refractivity contribution < 1.29 is 4.79 Å². The second-order valence-corrected chi connectivity index (χ2v) is 7.26. The summed E-state index contributed by atoms with van der Waals surface area (Å²) in [5.41, 5.74) is 2.22. The van der Waals surface area contributed by atoms with Crippen LogP contribution in [0.2, 0.25) is 0 Å². The first kappa shape index (κ1) is 21.9. The molecule has 0 spiro atoms. The van der Waals surface area contributed by atoms with Crippen LogP contribution in [0, 0.1) is 6.92 Å². The topological polar surface area (TPSA) is 54.0 Å². The van der Waals surface area contributed by atoms with Crippen LogP contribution in [0.3, 0.4) is 0 Å². The van der Waals surface area contributed by atoms with Gasteiger partial charge in [-0.25, -0.2) is 4.98 Å². The Hall–Kier alpha value is -1.14. The Labute approximate surface area is 165 Å². The number of nitrogens with zero attached hydrogens (tertiary/aromatic N) is 1. The lowest BCUT2D eigenvalue weighted by Crippen LogP contribution is -2.32. The molecule has 0 bridgehead atoms. The van der Waals surface area contributed by atoms with E-state index >= 15 is 0 Å². The van der Waals surface area contributed by atoms with Gasteiger partial charge in [-0.1, -0.05) is 30.3 Å². The lowest BCUT2D eigenvalue weighted by atomic mass is 10.1. The average molecular weight is 402 g/mol. The maximum absolute atomic E-state index is 11.9. The van der Waals surface area contributed by atoms with Gasteiger partial charge < -0.3 is 10.6 Å². The van der Waals surface area contributed by atoms with Crippen LogP contribution in [-0.2, 0) is 11.2 Å². The van der Waals surface area contributed by atoms with Gasteiger partial charge in [0, 0.05) is 35.9 Å². The van der Waals surface area contributed by atoms with E-state index in [0.29, 0.717) is 19.0 Å². The molecule has 1 atom stereocenters. The molecule has 2 N–H and O–H groups in total. The van der Waals surface area contributed by atoms with Gasteiger partial charge in [-0.3, -0.25) is 4.79 Å². The van der Waals surface area contributed by atoms with Gasteiger partial charge in [-0.15, -0.1) is 36.2 Å². The summed E-state index contributed by atoms with van der Waals surface area (Å²) < 4.78 is 0. The molecule has 1 fully saturated rings. The smallest absolute Gasteiger partial charge is 0.221 e. The SMILES string of the molecule is Cc1sc(CCNC(=O)CC2CCCN2)nc1-c1ccccc1.Cl.Cl. The summed E-state index contributed by atoms with van der Waals surface area (Å²) in [4.78, 5) is 17.9. The van der Waals surface area contributed by atoms with E-state index < -0.39 is 0 Å². The fourth-order valence-corrected chi connectivity index (χ4v) is 3.91. The largest absolute Gasteiger partial charge is 0.356 e. The Bertz CT molecular complexity index is 658. The summed E-state index contributed by atoms with van der Waals surface area (Å²) in [7, 11) is 0. The average Bonchev–Trinajstić information content (AvgIpc) is 3.18. The number of aromatic nitrogens is 1. The number of carbonyl (C=O) groups excluding carboxylic acids is 1. The van der Waals surface area contributed by atoms with Gasteiger partial charge in [0.05, 0.1) is 10.7 Å². The summed E-state index contributed by atoms with van der Waals surface area (Å²) in [5, 5.41) is 7.45. The molecule has 1 aromatic heterocycles. The molecule has 7 heteroatoms. The molecule has 2 heterocycles. The van der Waals surface area contributed by atoms with Gasteiger partial charge >= 0.3 is 0 Å². The van der Waals surface area contributed by atoms with Crippen molar-refractivity contribution in [2.45, 2.75) is 38.6 Å². The van der Waals surface area contributed by atoms with Gasteiger partial charge in [0.1, 0.15) is 0 Å². The molecule has 25 heavy (non-hydrogen) atoms. The van der Waals surface area contributed by atoms with Crippen molar-refractivity contribution in [2.75, 3.05) is 13.1 Å². The molecule has 1 aliphatic heterocycles. The van der Waals surface area contributed by atoms with Crippen molar-refractivity contribution in [1.82, 2.24) is 15.6 Å². The zero-order valence-corrected chi connectivity index (χ0v) is 16.7. The van der Waals surface area contributed by atoms with Crippen LogP contribution in [0.1, 0.15) is 29.1 Å². The van der Waals surface area contributed by atoms with Gasteiger partial charge in [-0.2, -0.15) is 0 Å². The lowest BCUT2D eigenvalue weighted by molar-refractivity contribution is -0.121. The number of benzene rings is 1. The van der Waals surface area contributed by atoms with Crippen LogP contribution >= 0.6 is 36.2 Å². The van der Waals surface area contributed by atoms with Crippen LogP contribution in [0.4, 0.5) is 0 Å². The van der Waals surface area contributed by atoms with Crippen LogP contribution in [0.25, 0.3) is 11.3 Å². The first-order chi connectivity index (χ1) is 11.2. The third kappa shape index (κ3) is 6.26. The number of nitrogens with one attached hydrogen (secondary N) is 2. The van der Waals surface area contributed by atoms with Crippen molar-refractivity contribution in [3.63, 3.8) is 0 Å². The van der Waals surface area contributed by atoms with Gasteiger partial charge in [0.25, 0.3) is 0 Å². The van der Waals surface area contributed by atoms with E-state index in [1.165, 1.54) is 11.3 Å². The number of hydrogen-bond donors (Lipinski definition) is 2. The first-order valence-electron chi connectivity index (χ1n) is 8.24. The quantitative estimate of drug-likeness (QED) is 0.774. The molecule has 2 aromatic rings. The second kappa shape index (κ2) is 10.8. The van der Waals surface area contributed by atoms with E-state index in [2.05, 4.69) is 29.7 Å². The molecule has 0 saturated carbocycles. The Morgan fingerprint density at radius 1 is 1.32 bits per heavy atom. The summed E-state index contributed by atoms with van der Waals surface area (Å²) in [6.07, 6.45) is 3.67. The third-order valence-electron chi connectivity index (χ3n) is 4.14. The number of carbonyl (C=O) groups is 1. The van der Waals surface area contributed by atoms with Crippen molar-refractivity contribution >= 4 is 42.1 Å². The maximum Gasteiger partial charge on any atom is 0.221 e. The first-order valence-corrected chi connectivity index (χ1v) is 9.06. The van der Waals surface area contributed by atoms with E-state index in [9.17, 15) is 4.79 Å². The van der Waals surface area contributed by atoms with E-state index in [4.69, 9.17) is 4.98 Å². The minimum atomic E-state index is 0. The fraction of sp³-hybridized carbons (Fsp3) is 0.444. The van der Waals surface area contributed by atoms with Crippen LogP contribution < -0.4 is 10.6 Å². The van der Waals surface area contributed by atoms with Gasteiger partial charge in [0.2, 0.25) is 5.91 Å².